The second kappa shape index (κ2) is 7.29. The van der Waals surface area contributed by atoms with Crippen molar-refractivity contribution in [2.75, 3.05) is 19.8 Å². The molecule has 2 aliphatic heterocycles. The fourth-order valence-electron chi connectivity index (χ4n) is 6.48. The van der Waals surface area contributed by atoms with Gasteiger partial charge in [-0.3, -0.25) is 4.79 Å². The molecule has 2 aliphatic carbocycles. The second-order valence-corrected chi connectivity index (χ2v) is 9.91. The Kier molecular flexibility index (Phi) is 4.52. The van der Waals surface area contributed by atoms with Crippen LogP contribution in [0.2, 0.25) is 0 Å². The van der Waals surface area contributed by atoms with Gasteiger partial charge in [0.1, 0.15) is 13.2 Å². The van der Waals surface area contributed by atoms with Gasteiger partial charge in [-0.15, -0.1) is 0 Å². The molecule has 0 saturated heterocycles. The number of rotatable bonds is 2. The van der Waals surface area contributed by atoms with Crippen LogP contribution in [0.3, 0.4) is 0 Å². The highest BCUT2D eigenvalue weighted by molar-refractivity contribution is 5.82. The molecule has 0 radical (unpaired) electrons. The maximum absolute atomic E-state index is 13.9. The van der Waals surface area contributed by atoms with Crippen LogP contribution < -0.4 is 9.47 Å². The largest absolute Gasteiger partial charge is 0.486 e. The number of hydrogen-bond acceptors (Lipinski definition) is 3. The fourth-order valence-corrected chi connectivity index (χ4v) is 6.48. The van der Waals surface area contributed by atoms with Crippen molar-refractivity contribution in [1.29, 1.82) is 0 Å². The molecule has 4 nitrogen and oxygen atoms in total. The number of hydrogen-bond donors (Lipinski definition) is 0. The predicted octanol–water partition coefficient (Wildman–Crippen LogP) is 5.37. The van der Waals surface area contributed by atoms with Gasteiger partial charge in [0.25, 0.3) is 0 Å². The van der Waals surface area contributed by atoms with E-state index in [0.29, 0.717) is 25.0 Å². The molecule has 2 saturated carbocycles. The molecule has 4 heteroatoms. The number of ether oxygens (including phenoxy) is 2. The van der Waals surface area contributed by atoms with Crippen molar-refractivity contribution in [2.45, 2.75) is 62.8 Å². The zero-order valence-electron chi connectivity index (χ0n) is 18.3. The zero-order chi connectivity index (χ0) is 21.0. The van der Waals surface area contributed by atoms with E-state index in [4.69, 9.17) is 9.47 Å². The first-order valence-corrected chi connectivity index (χ1v) is 12.0. The molecule has 2 aromatic rings. The van der Waals surface area contributed by atoms with Gasteiger partial charge >= 0.3 is 0 Å². The Labute approximate surface area is 184 Å². The quantitative estimate of drug-likeness (QED) is 0.660. The molecule has 1 spiro atoms. The summed E-state index contributed by atoms with van der Waals surface area (Å²) in [6.45, 7) is 4.25. The Morgan fingerprint density at radius 2 is 1.71 bits per heavy atom. The molecular weight excluding hydrogens is 386 g/mol. The zero-order valence-corrected chi connectivity index (χ0v) is 18.3. The van der Waals surface area contributed by atoms with Crippen molar-refractivity contribution < 1.29 is 14.3 Å². The van der Waals surface area contributed by atoms with Gasteiger partial charge in [0.15, 0.2) is 11.5 Å². The van der Waals surface area contributed by atoms with E-state index in [0.717, 1.165) is 43.7 Å². The summed E-state index contributed by atoms with van der Waals surface area (Å²) in [6.07, 6.45) is 6.90. The maximum atomic E-state index is 13.9. The fraction of sp³-hybridized carbons (Fsp3) is 0.519. The highest BCUT2D eigenvalue weighted by Gasteiger charge is 2.49. The Bertz CT molecular complexity index is 995. The molecule has 6 rings (SSSR count). The normalized spacial score (nSPS) is 28.2. The van der Waals surface area contributed by atoms with Gasteiger partial charge in [0.05, 0.1) is 6.04 Å². The number of nitrogens with zero attached hydrogens (tertiary/aromatic N) is 1. The molecule has 3 atom stereocenters. The van der Waals surface area contributed by atoms with E-state index in [1.165, 1.54) is 29.5 Å². The van der Waals surface area contributed by atoms with Gasteiger partial charge in [-0.2, -0.15) is 0 Å². The molecule has 2 aromatic carbocycles. The molecule has 31 heavy (non-hydrogen) atoms. The molecule has 3 unspecified atom stereocenters. The van der Waals surface area contributed by atoms with Crippen molar-refractivity contribution >= 4 is 5.91 Å². The lowest BCUT2D eigenvalue weighted by Crippen LogP contribution is -2.52. The molecule has 0 aromatic heterocycles. The molecule has 0 bridgehead atoms. The summed E-state index contributed by atoms with van der Waals surface area (Å²) in [5, 5.41) is 0. The monoisotopic (exact) mass is 417 g/mol. The standard InChI is InChI=1S/C27H31NO3/c1-18-22-15-24-25(31-14-13-30-24)16-23(22)27(11-5-6-12-27)17-28(18)26(29)21-10-9-20(21)19-7-3-2-4-8-19/h2-4,7-8,15-16,18,20-21H,5-6,9-14,17H2,1H3. The average Bonchev–Trinajstić information content (AvgIpc) is 3.25. The summed E-state index contributed by atoms with van der Waals surface area (Å²) >= 11 is 0. The van der Waals surface area contributed by atoms with Crippen LogP contribution in [0.15, 0.2) is 42.5 Å². The molecule has 1 amide bonds. The Balaban J connectivity index is 1.36. The molecular formula is C27H31NO3. The van der Waals surface area contributed by atoms with Crippen LogP contribution in [0.4, 0.5) is 0 Å². The lowest BCUT2D eigenvalue weighted by atomic mass is 9.67. The van der Waals surface area contributed by atoms with Crippen molar-refractivity contribution in [3.8, 4) is 11.5 Å². The van der Waals surface area contributed by atoms with Crippen LogP contribution in [-0.2, 0) is 10.2 Å². The van der Waals surface area contributed by atoms with Gasteiger partial charge < -0.3 is 14.4 Å². The van der Waals surface area contributed by atoms with Crippen LogP contribution in [0.5, 0.6) is 11.5 Å². The van der Waals surface area contributed by atoms with Gasteiger partial charge in [-0.25, -0.2) is 0 Å². The van der Waals surface area contributed by atoms with Crippen LogP contribution in [0.25, 0.3) is 0 Å². The van der Waals surface area contributed by atoms with Gasteiger partial charge in [-0.1, -0.05) is 43.2 Å². The summed E-state index contributed by atoms with van der Waals surface area (Å²) in [7, 11) is 0. The summed E-state index contributed by atoms with van der Waals surface area (Å²) in [4.78, 5) is 16.1. The first-order valence-electron chi connectivity index (χ1n) is 12.0. The highest BCUT2D eigenvalue weighted by Crippen LogP contribution is 2.53. The molecule has 2 fully saturated rings. The molecule has 0 N–H and O–H groups in total. The summed E-state index contributed by atoms with van der Waals surface area (Å²) in [5.74, 6) is 2.54. The van der Waals surface area contributed by atoms with E-state index in [2.05, 4.69) is 54.3 Å². The average molecular weight is 418 g/mol. The summed E-state index contributed by atoms with van der Waals surface area (Å²) in [6, 6.07) is 15.1. The Hall–Kier alpha value is -2.49. The topological polar surface area (TPSA) is 38.8 Å². The lowest BCUT2D eigenvalue weighted by molar-refractivity contribution is -0.143. The number of amides is 1. The summed E-state index contributed by atoms with van der Waals surface area (Å²) in [5.41, 5.74) is 4.05. The first-order chi connectivity index (χ1) is 15.2. The minimum absolute atomic E-state index is 0.0688. The van der Waals surface area contributed by atoms with Gasteiger partial charge in [0.2, 0.25) is 5.91 Å². The van der Waals surface area contributed by atoms with Crippen LogP contribution in [-0.4, -0.2) is 30.6 Å². The van der Waals surface area contributed by atoms with Crippen molar-refractivity contribution in [3.05, 3.63) is 59.2 Å². The van der Waals surface area contributed by atoms with E-state index in [1.807, 2.05) is 0 Å². The van der Waals surface area contributed by atoms with Gasteiger partial charge in [0, 0.05) is 17.9 Å². The molecule has 162 valence electrons. The smallest absolute Gasteiger partial charge is 0.226 e. The van der Waals surface area contributed by atoms with E-state index in [-0.39, 0.29) is 17.4 Å². The minimum atomic E-state index is 0.0688. The Morgan fingerprint density at radius 3 is 2.39 bits per heavy atom. The van der Waals surface area contributed by atoms with Gasteiger partial charge in [-0.05, 0) is 67.3 Å². The maximum Gasteiger partial charge on any atom is 0.226 e. The van der Waals surface area contributed by atoms with E-state index in [9.17, 15) is 4.79 Å². The number of carbonyl (C=O) groups is 1. The second-order valence-electron chi connectivity index (χ2n) is 9.91. The van der Waals surface area contributed by atoms with E-state index >= 15 is 0 Å². The van der Waals surface area contributed by atoms with Crippen LogP contribution in [0.1, 0.15) is 74.1 Å². The van der Waals surface area contributed by atoms with Crippen LogP contribution >= 0.6 is 0 Å². The van der Waals surface area contributed by atoms with E-state index < -0.39 is 0 Å². The van der Waals surface area contributed by atoms with Crippen LogP contribution in [0, 0.1) is 5.92 Å². The Morgan fingerprint density at radius 1 is 1.00 bits per heavy atom. The van der Waals surface area contributed by atoms with Crippen molar-refractivity contribution in [2.24, 2.45) is 5.92 Å². The van der Waals surface area contributed by atoms with E-state index in [1.54, 1.807) is 0 Å². The summed E-state index contributed by atoms with van der Waals surface area (Å²) < 4.78 is 11.8. The predicted molar refractivity (Wildman–Crippen MR) is 120 cm³/mol. The third-order valence-electron chi connectivity index (χ3n) is 8.34. The number of benzene rings is 2. The number of carbonyl (C=O) groups excluding carboxylic acids is 1. The molecule has 4 aliphatic rings. The SMILES string of the molecule is CC1c2cc3c(cc2C2(CCCC2)CN1C(=O)C1CCC1c1ccccc1)OCCO3. The minimum Gasteiger partial charge on any atom is -0.486 e. The molecule has 2 heterocycles. The van der Waals surface area contributed by atoms with Crippen molar-refractivity contribution in [1.82, 2.24) is 4.90 Å². The highest BCUT2D eigenvalue weighted by atomic mass is 16.6. The third-order valence-corrected chi connectivity index (χ3v) is 8.34. The first kappa shape index (κ1) is 19.2. The lowest BCUT2D eigenvalue weighted by Gasteiger charge is -2.49. The third kappa shape index (κ3) is 2.98. The number of fused-ring (bicyclic) bond motifs is 3. The van der Waals surface area contributed by atoms with Crippen molar-refractivity contribution in [3.63, 3.8) is 0 Å².